The van der Waals surface area contributed by atoms with E-state index in [1.165, 1.54) is 6.20 Å². The Bertz CT molecular complexity index is 652. The van der Waals surface area contributed by atoms with Crippen molar-refractivity contribution in [1.82, 2.24) is 9.97 Å². The lowest BCUT2D eigenvalue weighted by molar-refractivity contribution is 0.102. The molecule has 1 aromatic carbocycles. The number of nitrogens with one attached hydrogen (secondary N) is 1. The Morgan fingerprint density at radius 1 is 1.36 bits per heavy atom. The van der Waals surface area contributed by atoms with Crippen LogP contribution < -0.4 is 10.1 Å². The second-order valence-electron chi connectivity index (χ2n) is 5.13. The van der Waals surface area contributed by atoms with Crippen LogP contribution in [0.25, 0.3) is 0 Å². The predicted octanol–water partition coefficient (Wildman–Crippen LogP) is 2.21. The number of amides is 1. The molecule has 2 heterocycles. The number of carbonyl (C=O) groups is 1. The smallest absolute Gasteiger partial charge is 0.256 e. The Hall–Kier alpha value is -2.47. The molecule has 1 aliphatic rings. The SMILES string of the molecule is Cc1cnc(NC(=O)c2cccc(O[C@H]3CCOC3)c2)cn1. The van der Waals surface area contributed by atoms with Gasteiger partial charge in [0.15, 0.2) is 5.82 Å². The highest BCUT2D eigenvalue weighted by Gasteiger charge is 2.17. The molecule has 0 saturated carbocycles. The summed E-state index contributed by atoms with van der Waals surface area (Å²) in [4.78, 5) is 20.4. The van der Waals surface area contributed by atoms with E-state index in [0.29, 0.717) is 23.7 Å². The van der Waals surface area contributed by atoms with Gasteiger partial charge in [0, 0.05) is 12.0 Å². The number of benzene rings is 1. The molecule has 1 saturated heterocycles. The molecule has 0 aliphatic carbocycles. The first-order valence-corrected chi connectivity index (χ1v) is 7.15. The van der Waals surface area contributed by atoms with Crippen molar-refractivity contribution >= 4 is 11.7 Å². The van der Waals surface area contributed by atoms with Crippen molar-refractivity contribution in [2.75, 3.05) is 18.5 Å². The van der Waals surface area contributed by atoms with Gasteiger partial charge in [0.05, 0.1) is 31.3 Å². The zero-order valence-electron chi connectivity index (χ0n) is 12.3. The van der Waals surface area contributed by atoms with Crippen molar-refractivity contribution in [3.63, 3.8) is 0 Å². The molecule has 0 unspecified atom stereocenters. The monoisotopic (exact) mass is 299 g/mol. The van der Waals surface area contributed by atoms with Crippen LogP contribution in [0.4, 0.5) is 5.82 Å². The van der Waals surface area contributed by atoms with E-state index in [-0.39, 0.29) is 12.0 Å². The number of carbonyl (C=O) groups excluding carboxylic acids is 1. The number of aryl methyl sites for hydroxylation is 1. The van der Waals surface area contributed by atoms with E-state index in [1.54, 1.807) is 24.4 Å². The third-order valence-electron chi connectivity index (χ3n) is 3.31. The summed E-state index contributed by atoms with van der Waals surface area (Å²) < 4.78 is 11.1. The molecule has 3 rings (SSSR count). The largest absolute Gasteiger partial charge is 0.488 e. The summed E-state index contributed by atoms with van der Waals surface area (Å²) in [7, 11) is 0. The molecule has 6 heteroatoms. The fourth-order valence-electron chi connectivity index (χ4n) is 2.15. The van der Waals surface area contributed by atoms with Gasteiger partial charge in [0.1, 0.15) is 11.9 Å². The summed E-state index contributed by atoms with van der Waals surface area (Å²) in [5.41, 5.74) is 1.31. The molecule has 6 nitrogen and oxygen atoms in total. The second kappa shape index (κ2) is 6.53. The molecular weight excluding hydrogens is 282 g/mol. The standard InChI is InChI=1S/C16H17N3O3/c1-11-8-18-15(9-17-11)19-16(20)12-3-2-4-13(7-12)22-14-5-6-21-10-14/h2-4,7-9,14H,5-6,10H2,1H3,(H,18,19,20)/t14-/m0/s1. The lowest BCUT2D eigenvalue weighted by Gasteiger charge is -2.12. The summed E-state index contributed by atoms with van der Waals surface area (Å²) in [5.74, 6) is 0.843. The van der Waals surface area contributed by atoms with E-state index in [9.17, 15) is 4.79 Å². The van der Waals surface area contributed by atoms with Crippen molar-refractivity contribution < 1.29 is 14.3 Å². The summed E-state index contributed by atoms with van der Waals surface area (Å²) in [6.07, 6.45) is 4.06. The van der Waals surface area contributed by atoms with Crippen LogP contribution in [0.2, 0.25) is 0 Å². The van der Waals surface area contributed by atoms with Gasteiger partial charge in [-0.2, -0.15) is 0 Å². The van der Waals surface area contributed by atoms with E-state index in [2.05, 4.69) is 15.3 Å². The number of hydrogen-bond acceptors (Lipinski definition) is 5. The topological polar surface area (TPSA) is 73.3 Å². The third kappa shape index (κ3) is 3.59. The summed E-state index contributed by atoms with van der Waals surface area (Å²) in [5, 5.41) is 2.71. The van der Waals surface area contributed by atoms with E-state index in [0.717, 1.165) is 18.7 Å². The van der Waals surface area contributed by atoms with Crippen molar-refractivity contribution in [2.45, 2.75) is 19.4 Å². The number of anilines is 1. The van der Waals surface area contributed by atoms with Gasteiger partial charge in [-0.3, -0.25) is 9.78 Å². The Kier molecular flexibility index (Phi) is 4.29. The second-order valence-corrected chi connectivity index (χ2v) is 5.13. The fourth-order valence-corrected chi connectivity index (χ4v) is 2.15. The van der Waals surface area contributed by atoms with Gasteiger partial charge in [-0.05, 0) is 25.1 Å². The highest BCUT2D eigenvalue weighted by Crippen LogP contribution is 2.19. The zero-order chi connectivity index (χ0) is 15.4. The number of aromatic nitrogens is 2. The molecule has 114 valence electrons. The van der Waals surface area contributed by atoms with E-state index >= 15 is 0 Å². The first-order valence-electron chi connectivity index (χ1n) is 7.15. The van der Waals surface area contributed by atoms with Gasteiger partial charge >= 0.3 is 0 Å². The third-order valence-corrected chi connectivity index (χ3v) is 3.31. The molecule has 1 aliphatic heterocycles. The van der Waals surface area contributed by atoms with Crippen LogP contribution in [0.3, 0.4) is 0 Å². The molecule has 22 heavy (non-hydrogen) atoms. The molecule has 1 aromatic heterocycles. The number of rotatable bonds is 4. The highest BCUT2D eigenvalue weighted by molar-refractivity contribution is 6.03. The van der Waals surface area contributed by atoms with E-state index in [4.69, 9.17) is 9.47 Å². The quantitative estimate of drug-likeness (QED) is 0.937. The fraction of sp³-hybridized carbons (Fsp3) is 0.312. The molecule has 0 radical (unpaired) electrons. The minimum atomic E-state index is -0.244. The van der Waals surface area contributed by atoms with Crippen LogP contribution in [0.5, 0.6) is 5.75 Å². The maximum atomic E-state index is 12.2. The Balaban J connectivity index is 1.67. The van der Waals surface area contributed by atoms with Gasteiger partial charge in [-0.25, -0.2) is 4.98 Å². The van der Waals surface area contributed by atoms with Crippen LogP contribution >= 0.6 is 0 Å². The van der Waals surface area contributed by atoms with Crippen molar-refractivity contribution in [3.05, 3.63) is 47.9 Å². The number of ether oxygens (including phenoxy) is 2. The van der Waals surface area contributed by atoms with Crippen LogP contribution in [0.1, 0.15) is 22.5 Å². The minimum Gasteiger partial charge on any atom is -0.488 e. The van der Waals surface area contributed by atoms with Crippen LogP contribution in [-0.2, 0) is 4.74 Å². The maximum Gasteiger partial charge on any atom is 0.256 e. The van der Waals surface area contributed by atoms with Gasteiger partial charge in [0.25, 0.3) is 5.91 Å². The van der Waals surface area contributed by atoms with E-state index < -0.39 is 0 Å². The Morgan fingerprint density at radius 3 is 3.00 bits per heavy atom. The van der Waals surface area contributed by atoms with Crippen molar-refractivity contribution in [2.24, 2.45) is 0 Å². The lowest BCUT2D eigenvalue weighted by atomic mass is 10.2. The Morgan fingerprint density at radius 2 is 2.27 bits per heavy atom. The zero-order valence-corrected chi connectivity index (χ0v) is 12.3. The van der Waals surface area contributed by atoms with Gasteiger partial charge < -0.3 is 14.8 Å². The van der Waals surface area contributed by atoms with Crippen LogP contribution in [-0.4, -0.2) is 35.2 Å². The first kappa shape index (κ1) is 14.5. The normalized spacial score (nSPS) is 17.2. The van der Waals surface area contributed by atoms with Crippen LogP contribution in [0.15, 0.2) is 36.7 Å². The molecule has 0 spiro atoms. The molecule has 0 bridgehead atoms. The summed E-state index contributed by atoms with van der Waals surface area (Å²) in [6, 6.07) is 7.08. The van der Waals surface area contributed by atoms with Crippen molar-refractivity contribution in [3.8, 4) is 5.75 Å². The van der Waals surface area contributed by atoms with Crippen LogP contribution in [0, 0.1) is 6.92 Å². The summed E-state index contributed by atoms with van der Waals surface area (Å²) in [6.45, 7) is 3.15. The van der Waals surface area contributed by atoms with Gasteiger partial charge in [-0.1, -0.05) is 6.07 Å². The minimum absolute atomic E-state index is 0.0567. The molecule has 1 amide bonds. The number of nitrogens with zero attached hydrogens (tertiary/aromatic N) is 2. The predicted molar refractivity (Wildman–Crippen MR) is 81.0 cm³/mol. The van der Waals surface area contributed by atoms with Gasteiger partial charge in [-0.15, -0.1) is 0 Å². The Labute approximate surface area is 128 Å². The maximum absolute atomic E-state index is 12.2. The highest BCUT2D eigenvalue weighted by atomic mass is 16.5. The molecule has 1 N–H and O–H groups in total. The van der Waals surface area contributed by atoms with E-state index in [1.807, 2.05) is 13.0 Å². The average molecular weight is 299 g/mol. The average Bonchev–Trinajstić information content (AvgIpc) is 3.03. The van der Waals surface area contributed by atoms with Gasteiger partial charge in [0.2, 0.25) is 0 Å². The van der Waals surface area contributed by atoms with Crippen molar-refractivity contribution in [1.29, 1.82) is 0 Å². The first-order chi connectivity index (χ1) is 10.7. The molecular formula is C16H17N3O3. The summed E-state index contributed by atoms with van der Waals surface area (Å²) >= 11 is 0. The molecule has 1 fully saturated rings. The number of hydrogen-bond donors (Lipinski definition) is 1. The molecule has 1 atom stereocenters. The lowest BCUT2D eigenvalue weighted by Crippen LogP contribution is -2.17. The molecule has 2 aromatic rings.